The fourth-order valence-corrected chi connectivity index (χ4v) is 0.523. The van der Waals surface area contributed by atoms with Gasteiger partial charge < -0.3 is 28.6 Å². The molecule has 0 spiro atoms. The van der Waals surface area contributed by atoms with Gasteiger partial charge in [0, 0.05) is 13.2 Å². The smallest absolute Gasteiger partial charge is 1.00 e. The molecule has 0 aromatic rings. The van der Waals surface area contributed by atoms with E-state index in [1.807, 2.05) is 0 Å². The van der Waals surface area contributed by atoms with Gasteiger partial charge in [0.05, 0.1) is 0 Å². The summed E-state index contributed by atoms with van der Waals surface area (Å²) in [4.78, 5) is 0. The number of unbranched alkanes of at least 4 members (excludes halogenated alkanes) is 1. The van der Waals surface area contributed by atoms with Crippen LogP contribution >= 0.6 is 0 Å². The summed E-state index contributed by atoms with van der Waals surface area (Å²) in [5.74, 6) is 0.662. The first-order valence-corrected chi connectivity index (χ1v) is 3.64. The Hall–Kier alpha value is 1.21. The molecule has 0 saturated heterocycles. The van der Waals surface area contributed by atoms with Crippen LogP contribution in [0.5, 0.6) is 0 Å². The third-order valence-corrected chi connectivity index (χ3v) is 0.990. The van der Waals surface area contributed by atoms with Gasteiger partial charge in [-0.3, -0.25) is 0 Å². The van der Waals surface area contributed by atoms with Crippen molar-refractivity contribution >= 4 is 23.1 Å². The van der Waals surface area contributed by atoms with Crippen LogP contribution in [0, 0.1) is 12.8 Å². The third kappa shape index (κ3) is 18.3. The molecule has 0 rings (SSSR count). The van der Waals surface area contributed by atoms with Gasteiger partial charge in [-0.05, 0) is 5.92 Å². The van der Waals surface area contributed by atoms with Gasteiger partial charge in [0.1, 0.15) is 0 Å². The predicted octanol–water partition coefficient (Wildman–Crippen LogP) is -1.10. The van der Waals surface area contributed by atoms with E-state index >= 15 is 0 Å². The van der Waals surface area contributed by atoms with E-state index in [0.717, 1.165) is 26.1 Å². The van der Waals surface area contributed by atoms with E-state index in [-0.39, 0.29) is 40.0 Å². The normalized spacial score (nSPS) is 8.73. The number of halogens is 1. The van der Waals surface area contributed by atoms with Crippen LogP contribution in [0.15, 0.2) is 0 Å². The molecule has 0 aliphatic heterocycles. The molecule has 0 fully saturated rings. The molecule has 0 aromatic heterocycles. The van der Waals surface area contributed by atoms with Gasteiger partial charge in [-0.15, -0.1) is 0 Å². The Labute approximate surface area is 97.2 Å². The standard InChI is InChI=1S/C8H17O.BrH.Mg/c1-4-5-6-9-7-8(2)3;;/h8H,1,4-7H2,2-3H3;1H;/q-1;;+2/p-1. The molecule has 11 heavy (non-hydrogen) atoms. The summed E-state index contributed by atoms with van der Waals surface area (Å²) in [6.07, 6.45) is 2.07. The SMILES string of the molecule is [Br-].[CH2-]CCCOCC(C)C.[Mg+2]. The Kier molecular flexibility index (Phi) is 22.6. The zero-order valence-electron chi connectivity index (χ0n) is 7.61. The molecule has 0 radical (unpaired) electrons. The van der Waals surface area contributed by atoms with Crippen molar-refractivity contribution in [1.82, 2.24) is 0 Å². The maximum atomic E-state index is 5.30. The Morgan fingerprint density at radius 1 is 1.36 bits per heavy atom. The fraction of sp³-hybridized carbons (Fsp3) is 0.875. The van der Waals surface area contributed by atoms with Crippen molar-refractivity contribution in [3.05, 3.63) is 6.92 Å². The zero-order chi connectivity index (χ0) is 7.11. The van der Waals surface area contributed by atoms with E-state index in [1.54, 1.807) is 0 Å². The van der Waals surface area contributed by atoms with E-state index in [9.17, 15) is 0 Å². The molecular formula is C8H17BrMgO. The summed E-state index contributed by atoms with van der Waals surface area (Å²) in [6.45, 7) is 9.80. The summed E-state index contributed by atoms with van der Waals surface area (Å²) in [5.41, 5.74) is 0. The Bertz CT molecular complexity index is 60.1. The molecule has 0 heterocycles. The van der Waals surface area contributed by atoms with Crippen LogP contribution in [0.3, 0.4) is 0 Å². The van der Waals surface area contributed by atoms with Crippen molar-refractivity contribution in [2.24, 2.45) is 5.92 Å². The molecule has 64 valence electrons. The van der Waals surface area contributed by atoms with Crippen molar-refractivity contribution in [2.75, 3.05) is 13.2 Å². The number of hydrogen-bond donors (Lipinski definition) is 0. The Morgan fingerprint density at radius 2 is 1.91 bits per heavy atom. The van der Waals surface area contributed by atoms with E-state index in [0.29, 0.717) is 5.92 Å². The monoisotopic (exact) mass is 232 g/mol. The largest absolute Gasteiger partial charge is 2.00 e. The molecule has 0 aliphatic rings. The van der Waals surface area contributed by atoms with Gasteiger partial charge in [-0.1, -0.05) is 20.3 Å². The van der Waals surface area contributed by atoms with Crippen molar-refractivity contribution in [2.45, 2.75) is 26.7 Å². The van der Waals surface area contributed by atoms with Crippen molar-refractivity contribution in [3.63, 3.8) is 0 Å². The van der Waals surface area contributed by atoms with Gasteiger partial charge in [-0.25, -0.2) is 0 Å². The number of hydrogen-bond acceptors (Lipinski definition) is 1. The first kappa shape index (κ1) is 18.1. The van der Waals surface area contributed by atoms with Crippen LogP contribution in [-0.2, 0) is 4.74 Å². The van der Waals surface area contributed by atoms with Crippen LogP contribution in [0.1, 0.15) is 26.7 Å². The second-order valence-electron chi connectivity index (χ2n) is 2.68. The maximum Gasteiger partial charge on any atom is 2.00 e. The van der Waals surface area contributed by atoms with Crippen LogP contribution in [0.2, 0.25) is 0 Å². The summed E-state index contributed by atoms with van der Waals surface area (Å²) in [7, 11) is 0. The fourth-order valence-electron chi connectivity index (χ4n) is 0.523. The Morgan fingerprint density at radius 3 is 2.27 bits per heavy atom. The molecule has 1 nitrogen and oxygen atoms in total. The van der Waals surface area contributed by atoms with Crippen LogP contribution in [0.4, 0.5) is 0 Å². The second-order valence-corrected chi connectivity index (χ2v) is 2.68. The summed E-state index contributed by atoms with van der Waals surface area (Å²) in [5, 5.41) is 0. The van der Waals surface area contributed by atoms with Crippen LogP contribution in [-0.4, -0.2) is 36.3 Å². The average molecular weight is 233 g/mol. The van der Waals surface area contributed by atoms with Crippen LogP contribution < -0.4 is 17.0 Å². The van der Waals surface area contributed by atoms with Gasteiger partial charge in [-0.2, -0.15) is 6.42 Å². The molecule has 3 heteroatoms. The predicted molar refractivity (Wildman–Crippen MR) is 46.0 cm³/mol. The third-order valence-electron chi connectivity index (χ3n) is 0.990. The first-order chi connectivity index (χ1) is 4.27. The summed E-state index contributed by atoms with van der Waals surface area (Å²) in [6, 6.07) is 0. The van der Waals surface area contributed by atoms with E-state index in [4.69, 9.17) is 4.74 Å². The number of ether oxygens (including phenoxy) is 1. The topological polar surface area (TPSA) is 9.23 Å². The molecular weight excluding hydrogens is 216 g/mol. The van der Waals surface area contributed by atoms with E-state index < -0.39 is 0 Å². The maximum absolute atomic E-state index is 5.30. The summed E-state index contributed by atoms with van der Waals surface area (Å²) >= 11 is 0. The van der Waals surface area contributed by atoms with Gasteiger partial charge in [0.2, 0.25) is 0 Å². The zero-order valence-corrected chi connectivity index (χ0v) is 10.6. The molecule has 0 aliphatic carbocycles. The molecule has 0 atom stereocenters. The molecule has 0 N–H and O–H groups in total. The van der Waals surface area contributed by atoms with Gasteiger partial charge in [0.15, 0.2) is 0 Å². The minimum atomic E-state index is 0. The molecule has 0 saturated carbocycles. The average Bonchev–Trinajstić information content (AvgIpc) is 1.80. The second kappa shape index (κ2) is 13.8. The van der Waals surface area contributed by atoms with Gasteiger partial charge >= 0.3 is 23.1 Å². The van der Waals surface area contributed by atoms with E-state index in [1.165, 1.54) is 0 Å². The van der Waals surface area contributed by atoms with Crippen molar-refractivity contribution in [1.29, 1.82) is 0 Å². The van der Waals surface area contributed by atoms with Crippen molar-refractivity contribution < 1.29 is 21.7 Å². The molecule has 0 bridgehead atoms. The minimum Gasteiger partial charge on any atom is -1.00 e. The molecule has 0 aromatic carbocycles. The molecule has 0 unspecified atom stereocenters. The van der Waals surface area contributed by atoms with Crippen LogP contribution in [0.25, 0.3) is 0 Å². The van der Waals surface area contributed by atoms with Crippen molar-refractivity contribution in [3.8, 4) is 0 Å². The first-order valence-electron chi connectivity index (χ1n) is 3.64. The molecule has 0 amide bonds. The number of rotatable bonds is 5. The minimum absolute atomic E-state index is 0. The van der Waals surface area contributed by atoms with Gasteiger partial charge in [0.25, 0.3) is 0 Å². The quantitative estimate of drug-likeness (QED) is 0.333. The van der Waals surface area contributed by atoms with E-state index in [2.05, 4.69) is 20.8 Å². The summed E-state index contributed by atoms with van der Waals surface area (Å²) < 4.78 is 5.30. The Balaban J connectivity index is -0.000000320.